The first-order valence-corrected chi connectivity index (χ1v) is 6.55. The van der Waals surface area contributed by atoms with E-state index in [2.05, 4.69) is 5.32 Å². The summed E-state index contributed by atoms with van der Waals surface area (Å²) < 4.78 is 5.22. The highest BCUT2D eigenvalue weighted by molar-refractivity contribution is 5.68. The molecule has 0 aliphatic rings. The Hall–Kier alpha value is -1.55. The van der Waals surface area contributed by atoms with E-state index in [1.807, 2.05) is 51.1 Å². The Balaban J connectivity index is 2.55. The van der Waals surface area contributed by atoms with Gasteiger partial charge in [0.1, 0.15) is 5.60 Å². The minimum atomic E-state index is -0.513. The lowest BCUT2D eigenvalue weighted by Crippen LogP contribution is -2.40. The maximum Gasteiger partial charge on any atom is 0.407 e. The van der Waals surface area contributed by atoms with Crippen LogP contribution in [0.15, 0.2) is 30.3 Å². The van der Waals surface area contributed by atoms with Crippen LogP contribution in [-0.2, 0) is 11.2 Å². The molecule has 2 N–H and O–H groups in total. The van der Waals surface area contributed by atoms with Crippen LogP contribution >= 0.6 is 0 Å². The number of ether oxygens (including phenoxy) is 1. The van der Waals surface area contributed by atoms with Gasteiger partial charge in [-0.1, -0.05) is 30.3 Å². The maximum atomic E-state index is 11.7. The van der Waals surface area contributed by atoms with E-state index in [1.165, 1.54) is 0 Å². The molecule has 1 rings (SSSR count). The summed E-state index contributed by atoms with van der Waals surface area (Å²) in [5, 5.41) is 11.9. The lowest BCUT2D eigenvalue weighted by molar-refractivity contribution is 0.0497. The van der Waals surface area contributed by atoms with Gasteiger partial charge in [0.15, 0.2) is 0 Å². The molecular formula is C15H23NO3. The van der Waals surface area contributed by atoms with Crippen molar-refractivity contribution in [3.05, 3.63) is 35.9 Å². The predicted molar refractivity (Wildman–Crippen MR) is 75.0 cm³/mol. The van der Waals surface area contributed by atoms with Gasteiger partial charge in [-0.15, -0.1) is 0 Å². The molecule has 1 amide bonds. The normalized spacial score (nSPS) is 12.8. The van der Waals surface area contributed by atoms with Gasteiger partial charge in [0.25, 0.3) is 0 Å². The van der Waals surface area contributed by atoms with Crippen molar-refractivity contribution >= 4 is 6.09 Å². The highest BCUT2D eigenvalue weighted by atomic mass is 16.6. The van der Waals surface area contributed by atoms with Gasteiger partial charge in [-0.25, -0.2) is 4.79 Å². The monoisotopic (exact) mass is 265 g/mol. The summed E-state index contributed by atoms with van der Waals surface area (Å²) in [4.78, 5) is 11.7. The molecule has 1 aromatic rings. The summed E-state index contributed by atoms with van der Waals surface area (Å²) >= 11 is 0. The number of aliphatic hydroxyl groups is 1. The molecule has 0 aromatic heterocycles. The largest absolute Gasteiger partial charge is 0.444 e. The number of carbonyl (C=O) groups excluding carboxylic acids is 1. The van der Waals surface area contributed by atoms with Crippen molar-refractivity contribution in [2.24, 2.45) is 0 Å². The van der Waals surface area contributed by atoms with Crippen molar-refractivity contribution in [3.63, 3.8) is 0 Å². The molecule has 19 heavy (non-hydrogen) atoms. The Morgan fingerprint density at radius 3 is 2.47 bits per heavy atom. The number of carbonyl (C=O) groups is 1. The van der Waals surface area contributed by atoms with Crippen molar-refractivity contribution in [2.75, 3.05) is 6.61 Å². The Morgan fingerprint density at radius 1 is 1.32 bits per heavy atom. The second kappa shape index (κ2) is 7.14. The van der Waals surface area contributed by atoms with Crippen molar-refractivity contribution < 1.29 is 14.6 Å². The van der Waals surface area contributed by atoms with Crippen LogP contribution in [0.1, 0.15) is 32.8 Å². The fourth-order valence-electron chi connectivity index (χ4n) is 1.75. The molecule has 106 valence electrons. The Kier molecular flexibility index (Phi) is 5.83. The molecule has 1 aromatic carbocycles. The van der Waals surface area contributed by atoms with Gasteiger partial charge < -0.3 is 15.2 Å². The minimum Gasteiger partial charge on any atom is -0.444 e. The quantitative estimate of drug-likeness (QED) is 0.860. The Morgan fingerprint density at radius 2 is 1.95 bits per heavy atom. The molecule has 0 saturated heterocycles. The zero-order valence-corrected chi connectivity index (χ0v) is 11.8. The number of amides is 1. The van der Waals surface area contributed by atoms with Crippen molar-refractivity contribution in [1.82, 2.24) is 5.32 Å². The van der Waals surface area contributed by atoms with Crippen LogP contribution in [0.3, 0.4) is 0 Å². The number of aliphatic hydroxyl groups excluding tert-OH is 1. The van der Waals surface area contributed by atoms with E-state index in [0.717, 1.165) is 5.56 Å². The molecule has 0 spiro atoms. The summed E-state index contributed by atoms with van der Waals surface area (Å²) in [6, 6.07) is 9.74. The van der Waals surface area contributed by atoms with Gasteiger partial charge >= 0.3 is 6.09 Å². The number of benzene rings is 1. The summed E-state index contributed by atoms with van der Waals surface area (Å²) in [7, 11) is 0. The van der Waals surface area contributed by atoms with Gasteiger partial charge in [0.05, 0.1) is 0 Å². The lowest BCUT2D eigenvalue weighted by Gasteiger charge is -2.23. The van der Waals surface area contributed by atoms with E-state index in [1.54, 1.807) is 0 Å². The number of nitrogens with one attached hydrogen (secondary N) is 1. The summed E-state index contributed by atoms with van der Waals surface area (Å²) in [6.45, 7) is 5.51. The number of alkyl carbamates (subject to hydrolysis) is 1. The third-order valence-electron chi connectivity index (χ3n) is 2.52. The van der Waals surface area contributed by atoms with E-state index in [0.29, 0.717) is 12.8 Å². The van der Waals surface area contributed by atoms with Crippen LogP contribution in [0.2, 0.25) is 0 Å². The van der Waals surface area contributed by atoms with E-state index < -0.39 is 11.7 Å². The van der Waals surface area contributed by atoms with Gasteiger partial charge in [0.2, 0.25) is 0 Å². The Bertz CT molecular complexity index is 384. The number of hydrogen-bond acceptors (Lipinski definition) is 3. The minimum absolute atomic E-state index is 0.0350. The van der Waals surface area contributed by atoms with Crippen LogP contribution in [0.5, 0.6) is 0 Å². The highest BCUT2D eigenvalue weighted by Gasteiger charge is 2.19. The maximum absolute atomic E-state index is 11.7. The molecule has 0 bridgehead atoms. The summed E-state index contributed by atoms with van der Waals surface area (Å²) in [6.07, 6.45) is 0.747. The fourth-order valence-corrected chi connectivity index (χ4v) is 1.75. The van der Waals surface area contributed by atoms with Crippen LogP contribution in [0.25, 0.3) is 0 Å². The molecule has 0 aliphatic heterocycles. The van der Waals surface area contributed by atoms with Gasteiger partial charge in [-0.3, -0.25) is 0 Å². The fraction of sp³-hybridized carbons (Fsp3) is 0.533. The first-order chi connectivity index (χ1) is 8.90. The molecule has 0 unspecified atom stereocenters. The van der Waals surface area contributed by atoms with E-state index in [-0.39, 0.29) is 12.6 Å². The highest BCUT2D eigenvalue weighted by Crippen LogP contribution is 2.09. The number of rotatable bonds is 5. The Labute approximate surface area is 114 Å². The molecule has 1 atom stereocenters. The molecule has 0 heterocycles. The third kappa shape index (κ3) is 6.82. The van der Waals surface area contributed by atoms with E-state index in [9.17, 15) is 4.79 Å². The third-order valence-corrected chi connectivity index (χ3v) is 2.52. The van der Waals surface area contributed by atoms with Gasteiger partial charge in [-0.05, 0) is 39.2 Å². The zero-order valence-electron chi connectivity index (χ0n) is 11.8. The molecule has 0 aliphatic carbocycles. The van der Waals surface area contributed by atoms with Crippen molar-refractivity contribution in [3.8, 4) is 0 Å². The van der Waals surface area contributed by atoms with Crippen molar-refractivity contribution in [1.29, 1.82) is 0 Å². The lowest BCUT2D eigenvalue weighted by atomic mass is 10.0. The van der Waals surface area contributed by atoms with Crippen molar-refractivity contribution in [2.45, 2.75) is 45.3 Å². The van der Waals surface area contributed by atoms with Crippen LogP contribution in [0, 0.1) is 0 Å². The predicted octanol–water partition coefficient (Wildman–Crippen LogP) is 2.50. The standard InChI is InChI=1S/C15H23NO3/c1-15(2,3)19-14(18)16-13(9-10-17)11-12-7-5-4-6-8-12/h4-8,13,17H,9-11H2,1-3H3,(H,16,18)/t13-/m1/s1. The van der Waals surface area contributed by atoms with Crippen LogP contribution < -0.4 is 5.32 Å². The topological polar surface area (TPSA) is 58.6 Å². The molecule has 0 saturated carbocycles. The SMILES string of the molecule is CC(C)(C)OC(=O)N[C@H](CCO)Cc1ccccc1. The molecule has 4 nitrogen and oxygen atoms in total. The first-order valence-electron chi connectivity index (χ1n) is 6.55. The molecule has 4 heteroatoms. The molecular weight excluding hydrogens is 242 g/mol. The molecule has 0 radical (unpaired) electrons. The molecule has 0 fully saturated rings. The van der Waals surface area contributed by atoms with E-state index in [4.69, 9.17) is 9.84 Å². The summed E-state index contributed by atoms with van der Waals surface area (Å²) in [5.74, 6) is 0. The van der Waals surface area contributed by atoms with Gasteiger partial charge in [-0.2, -0.15) is 0 Å². The van der Waals surface area contributed by atoms with Crippen LogP contribution in [-0.4, -0.2) is 29.4 Å². The average molecular weight is 265 g/mol. The van der Waals surface area contributed by atoms with Gasteiger partial charge in [0, 0.05) is 12.6 Å². The first kappa shape index (κ1) is 15.5. The summed E-state index contributed by atoms with van der Waals surface area (Å²) in [5.41, 5.74) is 0.609. The number of hydrogen-bond donors (Lipinski definition) is 2. The zero-order chi connectivity index (χ0) is 14.3. The van der Waals surface area contributed by atoms with E-state index >= 15 is 0 Å². The smallest absolute Gasteiger partial charge is 0.407 e. The second-order valence-electron chi connectivity index (χ2n) is 5.55. The van der Waals surface area contributed by atoms with Crippen LogP contribution in [0.4, 0.5) is 4.79 Å². The second-order valence-corrected chi connectivity index (χ2v) is 5.55. The average Bonchev–Trinajstić information content (AvgIpc) is 2.27.